The lowest BCUT2D eigenvalue weighted by Gasteiger charge is -2.24. The average Bonchev–Trinajstić information content (AvgIpc) is 3.37. The second kappa shape index (κ2) is 7.94. The van der Waals surface area contributed by atoms with E-state index < -0.39 is 17.7 Å². The van der Waals surface area contributed by atoms with E-state index in [2.05, 4.69) is 4.98 Å². The van der Waals surface area contributed by atoms with Crippen LogP contribution in [0.15, 0.2) is 84.4 Å². The van der Waals surface area contributed by atoms with Gasteiger partial charge in [-0.25, -0.2) is 4.98 Å². The zero-order valence-electron chi connectivity index (χ0n) is 17.1. The summed E-state index contributed by atoms with van der Waals surface area (Å²) in [5.41, 5.74) is 1.78. The molecule has 5 rings (SSSR count). The average molecular weight is 442 g/mol. The van der Waals surface area contributed by atoms with E-state index in [1.807, 2.05) is 36.4 Å². The number of ether oxygens (including phenoxy) is 1. The third-order valence-corrected chi connectivity index (χ3v) is 6.45. The number of ketones is 1. The van der Waals surface area contributed by atoms with Gasteiger partial charge < -0.3 is 9.84 Å². The van der Waals surface area contributed by atoms with Gasteiger partial charge in [-0.15, -0.1) is 0 Å². The van der Waals surface area contributed by atoms with Gasteiger partial charge in [0, 0.05) is 11.1 Å². The number of nitrogens with zero attached hydrogens (tertiary/aromatic N) is 2. The Hall–Kier alpha value is -3.97. The maximum atomic E-state index is 13.3. The summed E-state index contributed by atoms with van der Waals surface area (Å²) in [7, 11) is 1.53. The molecule has 0 bridgehead atoms. The number of para-hydroxylation sites is 2. The number of aliphatic hydroxyl groups excluding tert-OH is 1. The van der Waals surface area contributed by atoms with E-state index >= 15 is 0 Å². The third-order valence-electron chi connectivity index (χ3n) is 5.41. The number of carbonyl (C=O) groups excluding carboxylic acids is 2. The molecule has 1 atom stereocenters. The minimum atomic E-state index is -0.882. The molecule has 1 unspecified atom stereocenters. The number of hydrogen-bond acceptors (Lipinski definition) is 6. The van der Waals surface area contributed by atoms with Crippen molar-refractivity contribution in [2.45, 2.75) is 6.04 Å². The highest BCUT2D eigenvalue weighted by Gasteiger charge is 2.49. The molecule has 0 aliphatic carbocycles. The lowest BCUT2D eigenvalue weighted by atomic mass is 9.95. The van der Waals surface area contributed by atoms with Crippen molar-refractivity contribution >= 4 is 44.1 Å². The molecule has 0 saturated carbocycles. The molecule has 1 N–H and O–H groups in total. The van der Waals surface area contributed by atoms with E-state index in [9.17, 15) is 14.7 Å². The maximum Gasteiger partial charge on any atom is 0.301 e. The van der Waals surface area contributed by atoms with E-state index in [4.69, 9.17) is 4.74 Å². The highest BCUT2D eigenvalue weighted by atomic mass is 32.1. The van der Waals surface area contributed by atoms with Crippen LogP contribution in [0.1, 0.15) is 17.2 Å². The number of benzene rings is 3. The van der Waals surface area contributed by atoms with Crippen molar-refractivity contribution in [1.82, 2.24) is 4.98 Å². The van der Waals surface area contributed by atoms with E-state index in [1.165, 1.54) is 23.3 Å². The monoisotopic (exact) mass is 442 g/mol. The Labute approximate surface area is 188 Å². The quantitative estimate of drug-likeness (QED) is 0.275. The fourth-order valence-corrected chi connectivity index (χ4v) is 4.92. The Morgan fingerprint density at radius 2 is 1.66 bits per heavy atom. The van der Waals surface area contributed by atoms with E-state index in [0.717, 1.165) is 10.2 Å². The first-order chi connectivity index (χ1) is 15.6. The summed E-state index contributed by atoms with van der Waals surface area (Å²) in [6, 6.07) is 22.5. The number of aliphatic hydroxyl groups is 1. The zero-order valence-corrected chi connectivity index (χ0v) is 17.9. The van der Waals surface area contributed by atoms with E-state index in [-0.39, 0.29) is 11.3 Å². The first kappa shape index (κ1) is 20.0. The van der Waals surface area contributed by atoms with Crippen molar-refractivity contribution in [3.05, 3.63) is 95.6 Å². The molecule has 32 heavy (non-hydrogen) atoms. The van der Waals surface area contributed by atoms with Crippen molar-refractivity contribution in [2.24, 2.45) is 0 Å². The predicted molar refractivity (Wildman–Crippen MR) is 124 cm³/mol. The lowest BCUT2D eigenvalue weighted by Crippen LogP contribution is -2.29. The Morgan fingerprint density at radius 3 is 2.41 bits per heavy atom. The summed E-state index contributed by atoms with van der Waals surface area (Å²) in [4.78, 5) is 32.5. The molecule has 6 nitrogen and oxygen atoms in total. The topological polar surface area (TPSA) is 79.7 Å². The summed E-state index contributed by atoms with van der Waals surface area (Å²) >= 11 is 1.32. The molecule has 4 aromatic rings. The molecule has 1 amide bonds. The highest BCUT2D eigenvalue weighted by Crippen LogP contribution is 2.46. The van der Waals surface area contributed by atoms with Crippen molar-refractivity contribution in [3.63, 3.8) is 0 Å². The second-order valence-corrected chi connectivity index (χ2v) is 8.25. The van der Waals surface area contributed by atoms with Crippen LogP contribution in [0.2, 0.25) is 0 Å². The Balaban J connectivity index is 1.77. The predicted octanol–water partition coefficient (Wildman–Crippen LogP) is 4.93. The molecule has 7 heteroatoms. The summed E-state index contributed by atoms with van der Waals surface area (Å²) < 4.78 is 6.43. The molecule has 3 aromatic carbocycles. The number of fused-ring (bicyclic) bond motifs is 1. The van der Waals surface area contributed by atoms with Crippen molar-refractivity contribution in [3.8, 4) is 5.75 Å². The number of rotatable bonds is 4. The zero-order chi connectivity index (χ0) is 22.2. The summed E-state index contributed by atoms with van der Waals surface area (Å²) in [6.45, 7) is 0. The van der Waals surface area contributed by atoms with E-state index in [1.54, 1.807) is 42.5 Å². The molecule has 2 heterocycles. The van der Waals surface area contributed by atoms with Gasteiger partial charge >= 0.3 is 5.91 Å². The SMILES string of the molecule is COc1ccccc1C1/C(=C(\O)c2ccccc2)C(=O)C(=O)N1c1nc2ccccc2s1. The minimum absolute atomic E-state index is 0.00459. The van der Waals surface area contributed by atoms with E-state index in [0.29, 0.717) is 22.0 Å². The van der Waals surface area contributed by atoms with Gasteiger partial charge in [0.1, 0.15) is 17.6 Å². The van der Waals surface area contributed by atoms with Crippen LogP contribution >= 0.6 is 11.3 Å². The van der Waals surface area contributed by atoms with Gasteiger partial charge in [-0.1, -0.05) is 72.0 Å². The van der Waals surface area contributed by atoms with Crippen LogP contribution < -0.4 is 9.64 Å². The molecule has 0 radical (unpaired) electrons. The first-order valence-electron chi connectivity index (χ1n) is 9.95. The fourth-order valence-electron chi connectivity index (χ4n) is 3.93. The van der Waals surface area contributed by atoms with Crippen LogP contribution in [0.25, 0.3) is 16.0 Å². The molecular weight excluding hydrogens is 424 g/mol. The van der Waals surface area contributed by atoms with Gasteiger partial charge in [-0.05, 0) is 18.2 Å². The van der Waals surface area contributed by atoms with Crippen molar-refractivity contribution < 1.29 is 19.4 Å². The molecule has 0 spiro atoms. The largest absolute Gasteiger partial charge is 0.507 e. The van der Waals surface area contributed by atoms with Gasteiger partial charge in [0.05, 0.1) is 22.9 Å². The lowest BCUT2D eigenvalue weighted by molar-refractivity contribution is -0.132. The van der Waals surface area contributed by atoms with Crippen molar-refractivity contribution in [2.75, 3.05) is 12.0 Å². The maximum absolute atomic E-state index is 13.3. The standard InChI is InChI=1S/C25H18N2O4S/c1-31-18-13-7-5-11-16(18)21-20(22(28)15-9-3-2-4-10-15)23(29)24(30)27(21)25-26-17-12-6-8-14-19(17)32-25/h2-14,21,28H,1H3/b22-20+. The summed E-state index contributed by atoms with van der Waals surface area (Å²) in [5.74, 6) is -1.23. The Kier molecular flexibility index (Phi) is 4.95. The summed E-state index contributed by atoms with van der Waals surface area (Å²) in [6.07, 6.45) is 0. The Bertz CT molecular complexity index is 1340. The molecule has 1 aliphatic rings. The number of methoxy groups -OCH3 is 1. The summed E-state index contributed by atoms with van der Waals surface area (Å²) in [5, 5.41) is 11.5. The van der Waals surface area contributed by atoms with Gasteiger partial charge in [0.2, 0.25) is 0 Å². The van der Waals surface area contributed by atoms with Crippen LogP contribution in [0.5, 0.6) is 5.75 Å². The fraction of sp³-hybridized carbons (Fsp3) is 0.0800. The normalized spacial score (nSPS) is 17.8. The molecule has 1 aromatic heterocycles. The third kappa shape index (κ3) is 3.14. The molecule has 1 fully saturated rings. The minimum Gasteiger partial charge on any atom is -0.507 e. The number of amides is 1. The molecule has 1 aliphatic heterocycles. The Morgan fingerprint density at radius 1 is 0.969 bits per heavy atom. The molecule has 158 valence electrons. The van der Waals surface area contributed by atoms with Crippen molar-refractivity contribution in [1.29, 1.82) is 0 Å². The molecular formula is C25H18N2O4S. The number of anilines is 1. The smallest absolute Gasteiger partial charge is 0.301 e. The first-order valence-corrected chi connectivity index (χ1v) is 10.8. The van der Waals surface area contributed by atoms with Crippen LogP contribution in [0.4, 0.5) is 5.13 Å². The van der Waals surface area contributed by atoms with Crippen LogP contribution in [0.3, 0.4) is 0 Å². The number of aromatic nitrogens is 1. The van der Waals surface area contributed by atoms with Gasteiger partial charge in [-0.3, -0.25) is 14.5 Å². The number of carbonyl (C=O) groups is 2. The van der Waals surface area contributed by atoms with Gasteiger partial charge in [0.15, 0.2) is 5.13 Å². The number of Topliss-reactive ketones (excluding diaryl/α,β-unsaturated/α-hetero) is 1. The van der Waals surface area contributed by atoms with Gasteiger partial charge in [0.25, 0.3) is 5.78 Å². The number of hydrogen-bond donors (Lipinski definition) is 1. The van der Waals surface area contributed by atoms with Gasteiger partial charge in [-0.2, -0.15) is 0 Å². The van der Waals surface area contributed by atoms with Crippen LogP contribution in [0, 0.1) is 0 Å². The van der Waals surface area contributed by atoms with Crippen LogP contribution in [-0.2, 0) is 9.59 Å². The van der Waals surface area contributed by atoms with Crippen LogP contribution in [-0.4, -0.2) is 28.9 Å². The second-order valence-electron chi connectivity index (χ2n) is 7.24. The number of thiazole rings is 1. The highest BCUT2D eigenvalue weighted by molar-refractivity contribution is 7.22. The molecule has 1 saturated heterocycles.